The average molecular weight is 360 g/mol. The number of rotatable bonds is 5. The van der Waals surface area contributed by atoms with Gasteiger partial charge >= 0.3 is 6.18 Å². The summed E-state index contributed by atoms with van der Waals surface area (Å²) in [6, 6.07) is 0.875. The molecule has 1 aromatic heterocycles. The molecule has 1 heterocycles. The molecule has 0 aromatic carbocycles. The molecule has 1 aliphatic carbocycles. The van der Waals surface area contributed by atoms with E-state index in [1.807, 2.05) is 0 Å². The summed E-state index contributed by atoms with van der Waals surface area (Å²) in [5.41, 5.74) is 4.89. The Morgan fingerprint density at radius 1 is 1.36 bits per heavy atom. The summed E-state index contributed by atoms with van der Waals surface area (Å²) in [4.78, 5) is 3.84. The zero-order valence-corrected chi connectivity index (χ0v) is 14.0. The fourth-order valence-electron chi connectivity index (χ4n) is 2.79. The quantitative estimate of drug-likeness (QED) is 0.550. The molecule has 9 heteroatoms. The van der Waals surface area contributed by atoms with E-state index in [-0.39, 0.29) is 23.1 Å². The molecule has 6 nitrogen and oxygen atoms in total. The van der Waals surface area contributed by atoms with Crippen molar-refractivity contribution in [2.75, 3.05) is 13.7 Å². The van der Waals surface area contributed by atoms with E-state index in [1.165, 1.54) is 13.2 Å². The van der Waals surface area contributed by atoms with Gasteiger partial charge in [0.25, 0.3) is 0 Å². The number of nitrogens with two attached hydrogens (primary N) is 2. The number of halogens is 3. The highest BCUT2D eigenvalue weighted by molar-refractivity contribution is 5.66. The highest BCUT2D eigenvalue weighted by atomic mass is 19.4. The molecule has 25 heavy (non-hydrogen) atoms. The zero-order chi connectivity index (χ0) is 18.6. The number of alkyl halides is 3. The predicted octanol–water partition coefficient (Wildman–Crippen LogP) is 2.24. The van der Waals surface area contributed by atoms with E-state index in [4.69, 9.17) is 16.3 Å². The van der Waals surface area contributed by atoms with Crippen molar-refractivity contribution < 1.29 is 23.0 Å². The maximum Gasteiger partial charge on any atom is 0.421 e. The van der Waals surface area contributed by atoms with Gasteiger partial charge in [-0.05, 0) is 31.7 Å². The van der Waals surface area contributed by atoms with Crippen LogP contribution in [0.2, 0.25) is 0 Å². The Balaban J connectivity index is 2.40. The summed E-state index contributed by atoms with van der Waals surface area (Å²) in [6.45, 7) is -0.513. The second-order valence-electron chi connectivity index (χ2n) is 6.08. The number of aliphatic hydroxyl groups excluding tert-OH is 1. The summed E-state index contributed by atoms with van der Waals surface area (Å²) in [5.74, 6) is 5.09. The van der Waals surface area contributed by atoms with Crippen molar-refractivity contribution in [1.29, 1.82) is 0 Å². The van der Waals surface area contributed by atoms with Crippen molar-refractivity contribution in [3.8, 4) is 5.88 Å². The van der Waals surface area contributed by atoms with Crippen molar-refractivity contribution in [2.24, 2.45) is 11.6 Å². The van der Waals surface area contributed by atoms with Gasteiger partial charge in [0.1, 0.15) is 11.7 Å². The number of aromatic nitrogens is 1. The first kappa shape index (κ1) is 19.3. The number of likely N-dealkylation sites (N-methyl/N-ethyl adjacent to an activating group) is 1. The lowest BCUT2D eigenvalue weighted by Crippen LogP contribution is -2.29. The lowest BCUT2D eigenvalue weighted by atomic mass is 9.98. The Morgan fingerprint density at radius 2 is 2.00 bits per heavy atom. The van der Waals surface area contributed by atoms with Crippen LogP contribution in [0.15, 0.2) is 18.0 Å². The third-order valence-electron chi connectivity index (χ3n) is 4.18. The van der Waals surface area contributed by atoms with Crippen molar-refractivity contribution >= 4 is 5.70 Å². The maximum atomic E-state index is 13.4. The van der Waals surface area contributed by atoms with Crippen LogP contribution in [-0.2, 0) is 6.18 Å². The number of hydrogen-bond acceptors (Lipinski definition) is 6. The summed E-state index contributed by atoms with van der Waals surface area (Å²) < 4.78 is 45.8. The fraction of sp³-hybridized carbons (Fsp3) is 0.562. The third kappa shape index (κ3) is 4.76. The van der Waals surface area contributed by atoms with Gasteiger partial charge in [-0.2, -0.15) is 13.2 Å². The maximum absolute atomic E-state index is 13.4. The van der Waals surface area contributed by atoms with E-state index in [9.17, 15) is 18.3 Å². The molecule has 1 saturated carbocycles. The van der Waals surface area contributed by atoms with Gasteiger partial charge in [0.2, 0.25) is 5.88 Å². The lowest BCUT2D eigenvalue weighted by molar-refractivity contribution is -0.139. The third-order valence-corrected chi connectivity index (χ3v) is 4.18. The lowest BCUT2D eigenvalue weighted by Gasteiger charge is -2.24. The zero-order valence-electron chi connectivity index (χ0n) is 14.0. The van der Waals surface area contributed by atoms with E-state index < -0.39 is 24.2 Å². The Morgan fingerprint density at radius 3 is 2.52 bits per heavy atom. The Kier molecular flexibility index (Phi) is 6.12. The van der Waals surface area contributed by atoms with Crippen LogP contribution in [0.1, 0.15) is 43.2 Å². The van der Waals surface area contributed by atoms with Crippen LogP contribution in [0.5, 0.6) is 5.88 Å². The standard InChI is InChI=1S/C16H23F3N4O2/c1-23(21)13(9-24)14(20)10-7-12(16(17,18)19)15(22-8-10)25-11-5-3-2-4-6-11/h7-8,11,24H,2-6,9,20-21H2,1H3/b14-13-. The van der Waals surface area contributed by atoms with Crippen LogP contribution >= 0.6 is 0 Å². The molecule has 140 valence electrons. The monoisotopic (exact) mass is 360 g/mol. The highest BCUT2D eigenvalue weighted by Crippen LogP contribution is 2.37. The number of pyridine rings is 1. The van der Waals surface area contributed by atoms with Gasteiger partial charge in [-0.1, -0.05) is 6.42 Å². The summed E-state index contributed by atoms with van der Waals surface area (Å²) in [6.07, 6.45) is 0.666. The van der Waals surface area contributed by atoms with Crippen molar-refractivity contribution in [2.45, 2.75) is 44.4 Å². The van der Waals surface area contributed by atoms with E-state index in [0.29, 0.717) is 0 Å². The summed E-state index contributed by atoms with van der Waals surface area (Å²) in [5, 5.41) is 10.4. The Hall–Kier alpha value is -2.00. The predicted molar refractivity (Wildman–Crippen MR) is 86.9 cm³/mol. The van der Waals surface area contributed by atoms with Crippen LogP contribution in [0.4, 0.5) is 13.2 Å². The second kappa shape index (κ2) is 7.92. The first-order chi connectivity index (χ1) is 11.7. The average Bonchev–Trinajstić information content (AvgIpc) is 2.55. The van der Waals surface area contributed by atoms with Crippen molar-refractivity contribution in [1.82, 2.24) is 9.99 Å². The van der Waals surface area contributed by atoms with Crippen molar-refractivity contribution in [3.05, 3.63) is 29.1 Å². The van der Waals surface area contributed by atoms with E-state index in [2.05, 4.69) is 4.98 Å². The first-order valence-corrected chi connectivity index (χ1v) is 8.06. The summed E-state index contributed by atoms with van der Waals surface area (Å²) >= 11 is 0. The minimum Gasteiger partial charge on any atom is -0.474 e. The van der Waals surface area contributed by atoms with E-state index >= 15 is 0 Å². The van der Waals surface area contributed by atoms with Gasteiger partial charge in [-0.15, -0.1) is 0 Å². The van der Waals surface area contributed by atoms with Gasteiger partial charge in [0, 0.05) is 18.8 Å². The Labute approximate surface area is 144 Å². The smallest absolute Gasteiger partial charge is 0.421 e. The van der Waals surface area contributed by atoms with Gasteiger partial charge in [0.15, 0.2) is 0 Å². The molecule has 1 aliphatic rings. The van der Waals surface area contributed by atoms with Gasteiger partial charge < -0.3 is 20.6 Å². The topological polar surface area (TPSA) is 97.6 Å². The number of hydrazine groups is 1. The van der Waals surface area contributed by atoms with E-state index in [1.54, 1.807) is 0 Å². The first-order valence-electron chi connectivity index (χ1n) is 8.06. The molecule has 0 atom stereocenters. The summed E-state index contributed by atoms with van der Waals surface area (Å²) in [7, 11) is 1.43. The molecule has 0 aliphatic heterocycles. The Bertz CT molecular complexity index is 626. The minimum absolute atomic E-state index is 0.0182. The van der Waals surface area contributed by atoms with E-state index in [0.717, 1.165) is 43.2 Å². The molecule has 0 radical (unpaired) electrons. The molecular weight excluding hydrogens is 337 g/mol. The molecule has 5 N–H and O–H groups in total. The SMILES string of the molecule is CN(N)/C(CO)=C(\N)c1cnc(OC2CCCCC2)c(C(F)(F)F)c1. The molecule has 0 amide bonds. The van der Waals surface area contributed by atoms with Gasteiger partial charge in [-0.3, -0.25) is 0 Å². The van der Waals surface area contributed by atoms with Gasteiger partial charge in [0.05, 0.1) is 18.0 Å². The number of ether oxygens (including phenoxy) is 1. The van der Waals surface area contributed by atoms with Crippen LogP contribution in [-0.4, -0.2) is 34.9 Å². The molecule has 0 bridgehead atoms. The second-order valence-corrected chi connectivity index (χ2v) is 6.08. The molecule has 1 fully saturated rings. The van der Waals surface area contributed by atoms with Crippen molar-refractivity contribution in [3.63, 3.8) is 0 Å². The highest BCUT2D eigenvalue weighted by Gasteiger charge is 2.37. The molecule has 0 unspecified atom stereocenters. The number of nitrogens with zero attached hydrogens (tertiary/aromatic N) is 2. The molecule has 1 aromatic rings. The van der Waals surface area contributed by atoms with Crippen LogP contribution in [0, 0.1) is 0 Å². The largest absolute Gasteiger partial charge is 0.474 e. The normalized spacial score (nSPS) is 17.2. The van der Waals surface area contributed by atoms with Crippen LogP contribution < -0.4 is 16.3 Å². The van der Waals surface area contributed by atoms with Crippen LogP contribution in [0.3, 0.4) is 0 Å². The fourth-order valence-corrected chi connectivity index (χ4v) is 2.79. The number of aliphatic hydroxyl groups is 1. The molecule has 0 spiro atoms. The van der Waals surface area contributed by atoms with Gasteiger partial charge in [-0.25, -0.2) is 10.8 Å². The molecule has 2 rings (SSSR count). The molecular formula is C16H23F3N4O2. The minimum atomic E-state index is -4.64. The number of hydrogen-bond donors (Lipinski definition) is 3. The molecule has 0 saturated heterocycles. The van der Waals surface area contributed by atoms with Crippen LogP contribution in [0.25, 0.3) is 5.70 Å².